The maximum atomic E-state index is 12.1. The first-order valence-corrected chi connectivity index (χ1v) is 8.81. The Morgan fingerprint density at radius 1 is 0.889 bits per heavy atom. The van der Waals surface area contributed by atoms with E-state index in [1.165, 1.54) is 5.56 Å². The lowest BCUT2D eigenvalue weighted by atomic mass is 10.2. The fourth-order valence-corrected chi connectivity index (χ4v) is 3.10. The normalized spacial score (nSPS) is 11.1. The van der Waals surface area contributed by atoms with Crippen LogP contribution >= 0.6 is 0 Å². The van der Waals surface area contributed by atoms with Crippen molar-refractivity contribution in [2.24, 2.45) is 5.10 Å². The smallest absolute Gasteiger partial charge is 0.271 e. The van der Waals surface area contributed by atoms with Crippen molar-refractivity contribution < 1.29 is 4.79 Å². The Labute approximate surface area is 157 Å². The number of nitrogens with zero attached hydrogens (tertiary/aromatic N) is 2. The minimum atomic E-state index is -0.222. The van der Waals surface area contributed by atoms with Crippen LogP contribution in [-0.4, -0.2) is 16.7 Å². The summed E-state index contributed by atoms with van der Waals surface area (Å²) in [4.78, 5) is 12.1. The summed E-state index contributed by atoms with van der Waals surface area (Å²) in [6, 6.07) is 27.6. The number of benzene rings is 3. The van der Waals surface area contributed by atoms with Gasteiger partial charge in [-0.15, -0.1) is 0 Å². The van der Waals surface area contributed by atoms with Gasteiger partial charge >= 0.3 is 0 Å². The van der Waals surface area contributed by atoms with Crippen LogP contribution in [0.3, 0.4) is 0 Å². The van der Waals surface area contributed by atoms with Gasteiger partial charge in [0, 0.05) is 34.8 Å². The summed E-state index contributed by atoms with van der Waals surface area (Å²) in [5.74, 6) is -0.222. The molecule has 0 atom stereocenters. The summed E-state index contributed by atoms with van der Waals surface area (Å²) >= 11 is 0. The van der Waals surface area contributed by atoms with Crippen LogP contribution in [0.15, 0.2) is 96.2 Å². The molecule has 0 aliphatic heterocycles. The van der Waals surface area contributed by atoms with Crippen LogP contribution in [0.25, 0.3) is 10.9 Å². The van der Waals surface area contributed by atoms with Crippen molar-refractivity contribution in [2.45, 2.75) is 6.54 Å². The minimum absolute atomic E-state index is 0.222. The second-order valence-corrected chi connectivity index (χ2v) is 6.28. The summed E-state index contributed by atoms with van der Waals surface area (Å²) < 4.78 is 2.20. The topological polar surface area (TPSA) is 46.4 Å². The standard InChI is InChI=1S/C23H19N3O/c27-23(19-11-5-2-6-12-19)25-24-15-20-17-26(16-18-9-3-1-4-10-18)22-14-8-7-13-21(20)22/h1-15,17H,16H2,(H,25,27). The first-order valence-electron chi connectivity index (χ1n) is 8.81. The number of amides is 1. The van der Waals surface area contributed by atoms with Gasteiger partial charge in [-0.25, -0.2) is 5.43 Å². The van der Waals surface area contributed by atoms with Crippen LogP contribution in [-0.2, 0) is 6.54 Å². The summed E-state index contributed by atoms with van der Waals surface area (Å²) in [5.41, 5.74) is 6.52. The van der Waals surface area contributed by atoms with Crippen LogP contribution in [0, 0.1) is 0 Å². The monoisotopic (exact) mass is 353 g/mol. The molecule has 4 heteroatoms. The Kier molecular flexibility index (Phi) is 4.79. The molecule has 0 spiro atoms. The van der Waals surface area contributed by atoms with Gasteiger partial charge in [-0.05, 0) is 23.8 Å². The number of hydrogen-bond donors (Lipinski definition) is 1. The zero-order valence-corrected chi connectivity index (χ0v) is 14.7. The lowest BCUT2D eigenvalue weighted by molar-refractivity contribution is 0.0955. The number of hydrazone groups is 1. The van der Waals surface area contributed by atoms with Gasteiger partial charge in [0.2, 0.25) is 0 Å². The molecule has 27 heavy (non-hydrogen) atoms. The largest absolute Gasteiger partial charge is 0.342 e. The predicted molar refractivity (Wildman–Crippen MR) is 109 cm³/mol. The average molecular weight is 353 g/mol. The quantitative estimate of drug-likeness (QED) is 0.418. The van der Waals surface area contributed by atoms with Gasteiger partial charge in [0.15, 0.2) is 0 Å². The zero-order valence-electron chi connectivity index (χ0n) is 14.7. The van der Waals surface area contributed by atoms with E-state index in [2.05, 4.69) is 45.6 Å². The second kappa shape index (κ2) is 7.70. The van der Waals surface area contributed by atoms with Crippen LogP contribution in [0.4, 0.5) is 0 Å². The van der Waals surface area contributed by atoms with Crippen LogP contribution < -0.4 is 5.43 Å². The van der Waals surface area contributed by atoms with Crippen LogP contribution in [0.1, 0.15) is 21.5 Å². The third-order valence-corrected chi connectivity index (χ3v) is 4.42. The predicted octanol–water partition coefficient (Wildman–Crippen LogP) is 4.45. The Bertz CT molecular complexity index is 1080. The first-order chi connectivity index (χ1) is 13.3. The van der Waals surface area contributed by atoms with Crippen molar-refractivity contribution in [3.8, 4) is 0 Å². The van der Waals surface area contributed by atoms with Gasteiger partial charge in [-0.2, -0.15) is 5.10 Å². The number of carbonyl (C=O) groups is 1. The maximum absolute atomic E-state index is 12.1. The maximum Gasteiger partial charge on any atom is 0.271 e. The van der Waals surface area contributed by atoms with E-state index in [1.54, 1.807) is 18.3 Å². The molecule has 4 aromatic rings. The second-order valence-electron chi connectivity index (χ2n) is 6.28. The summed E-state index contributed by atoms with van der Waals surface area (Å²) in [6.45, 7) is 0.783. The fraction of sp³-hybridized carbons (Fsp3) is 0.0435. The number of nitrogens with one attached hydrogen (secondary N) is 1. The molecule has 0 aliphatic rings. The number of para-hydroxylation sites is 1. The molecule has 0 radical (unpaired) electrons. The lowest BCUT2D eigenvalue weighted by Crippen LogP contribution is -2.17. The molecule has 0 fully saturated rings. The summed E-state index contributed by atoms with van der Waals surface area (Å²) in [7, 11) is 0. The third kappa shape index (κ3) is 3.80. The highest BCUT2D eigenvalue weighted by Gasteiger charge is 2.07. The van der Waals surface area contributed by atoms with Crippen molar-refractivity contribution >= 4 is 23.0 Å². The Morgan fingerprint density at radius 2 is 1.56 bits per heavy atom. The Morgan fingerprint density at radius 3 is 2.33 bits per heavy atom. The molecule has 0 aliphatic carbocycles. The molecule has 1 N–H and O–H groups in total. The molecule has 3 aromatic carbocycles. The van der Waals surface area contributed by atoms with Crippen molar-refractivity contribution in [1.29, 1.82) is 0 Å². The van der Waals surface area contributed by atoms with Gasteiger partial charge in [-0.1, -0.05) is 66.7 Å². The molecule has 0 saturated carbocycles. The average Bonchev–Trinajstić information content (AvgIpc) is 3.07. The van der Waals surface area contributed by atoms with Crippen molar-refractivity contribution in [3.05, 3.63) is 108 Å². The molecule has 4 rings (SSSR count). The first kappa shape index (κ1) is 16.8. The van der Waals surface area contributed by atoms with Gasteiger partial charge < -0.3 is 4.57 Å². The number of hydrogen-bond acceptors (Lipinski definition) is 2. The Hall–Kier alpha value is -3.66. The molecule has 1 aromatic heterocycles. The van der Waals surface area contributed by atoms with Crippen molar-refractivity contribution in [2.75, 3.05) is 0 Å². The lowest BCUT2D eigenvalue weighted by Gasteiger charge is -2.05. The number of carbonyl (C=O) groups excluding carboxylic acids is 1. The van der Waals surface area contributed by atoms with Gasteiger partial charge in [0.25, 0.3) is 5.91 Å². The highest BCUT2D eigenvalue weighted by Crippen LogP contribution is 2.21. The van der Waals surface area contributed by atoms with Gasteiger partial charge in [0.1, 0.15) is 0 Å². The number of fused-ring (bicyclic) bond motifs is 1. The molecule has 0 bridgehead atoms. The molecule has 1 heterocycles. The van der Waals surface area contributed by atoms with E-state index in [9.17, 15) is 4.79 Å². The molecule has 4 nitrogen and oxygen atoms in total. The van der Waals surface area contributed by atoms with E-state index in [1.807, 2.05) is 48.5 Å². The highest BCUT2D eigenvalue weighted by molar-refractivity contribution is 6.00. The molecule has 0 saturated heterocycles. The number of rotatable bonds is 5. The van der Waals surface area contributed by atoms with Gasteiger partial charge in [-0.3, -0.25) is 4.79 Å². The molecule has 1 amide bonds. The van der Waals surface area contributed by atoms with E-state index in [4.69, 9.17) is 0 Å². The summed E-state index contributed by atoms with van der Waals surface area (Å²) in [5, 5.41) is 5.25. The van der Waals surface area contributed by atoms with E-state index >= 15 is 0 Å². The number of aromatic nitrogens is 1. The SMILES string of the molecule is O=C(NN=Cc1cn(Cc2ccccc2)c2ccccc12)c1ccccc1. The zero-order chi connectivity index (χ0) is 18.5. The van der Waals surface area contributed by atoms with E-state index < -0.39 is 0 Å². The molecular formula is C23H19N3O. The van der Waals surface area contributed by atoms with Gasteiger partial charge in [0.05, 0.1) is 6.21 Å². The van der Waals surface area contributed by atoms with E-state index in [0.717, 1.165) is 23.0 Å². The van der Waals surface area contributed by atoms with E-state index in [0.29, 0.717) is 5.56 Å². The van der Waals surface area contributed by atoms with Crippen molar-refractivity contribution in [1.82, 2.24) is 9.99 Å². The molecule has 132 valence electrons. The minimum Gasteiger partial charge on any atom is -0.342 e. The van der Waals surface area contributed by atoms with Crippen LogP contribution in [0.5, 0.6) is 0 Å². The summed E-state index contributed by atoms with van der Waals surface area (Å²) in [6.07, 6.45) is 3.76. The fourth-order valence-electron chi connectivity index (χ4n) is 3.10. The van der Waals surface area contributed by atoms with Crippen LogP contribution in [0.2, 0.25) is 0 Å². The van der Waals surface area contributed by atoms with E-state index in [-0.39, 0.29) is 5.91 Å². The molecular weight excluding hydrogens is 334 g/mol. The highest BCUT2D eigenvalue weighted by atomic mass is 16.2. The molecule has 0 unspecified atom stereocenters. The third-order valence-electron chi connectivity index (χ3n) is 4.42. The van der Waals surface area contributed by atoms with Crippen molar-refractivity contribution in [3.63, 3.8) is 0 Å². The Balaban J connectivity index is 1.57.